The summed E-state index contributed by atoms with van der Waals surface area (Å²) in [6.07, 6.45) is 3.36. The molecule has 1 amide bonds. The number of aliphatic imine (C=N–C) groups is 1. The van der Waals surface area contributed by atoms with Gasteiger partial charge in [-0.3, -0.25) is 4.79 Å². The molecule has 3 rings (SSSR count). The summed E-state index contributed by atoms with van der Waals surface area (Å²) < 4.78 is 13.0. The Hall–Kier alpha value is -1.58. The lowest BCUT2D eigenvalue weighted by molar-refractivity contribution is -0.130. The van der Waals surface area contributed by atoms with Crippen molar-refractivity contribution >= 4 is 41.5 Å². The van der Waals surface area contributed by atoms with Crippen molar-refractivity contribution in [1.82, 2.24) is 9.80 Å². The zero-order valence-corrected chi connectivity index (χ0v) is 17.3. The average Bonchev–Trinajstić information content (AvgIpc) is 2.67. The van der Waals surface area contributed by atoms with E-state index < -0.39 is 0 Å². The number of likely N-dealkylation sites (tertiary alicyclic amines) is 1. The van der Waals surface area contributed by atoms with Crippen LogP contribution in [-0.4, -0.2) is 67.5 Å². The number of guanidine groups is 1. The van der Waals surface area contributed by atoms with E-state index in [4.69, 9.17) is 5.73 Å². The zero-order chi connectivity index (χ0) is 17.6. The number of benzene rings is 1. The quantitative estimate of drug-likeness (QED) is 0.412. The third kappa shape index (κ3) is 5.46. The second-order valence-electron chi connectivity index (χ2n) is 6.57. The lowest BCUT2D eigenvalue weighted by Crippen LogP contribution is -2.51. The van der Waals surface area contributed by atoms with Crippen LogP contribution in [0.3, 0.4) is 0 Å². The molecular formula is C18H27FIN5O. The van der Waals surface area contributed by atoms with E-state index in [9.17, 15) is 9.18 Å². The molecular weight excluding hydrogens is 448 g/mol. The highest BCUT2D eigenvalue weighted by atomic mass is 127. The highest BCUT2D eigenvalue weighted by molar-refractivity contribution is 14.0. The Morgan fingerprint density at radius 3 is 2.19 bits per heavy atom. The van der Waals surface area contributed by atoms with Crippen LogP contribution in [-0.2, 0) is 4.79 Å². The molecule has 0 atom stereocenters. The molecule has 2 fully saturated rings. The van der Waals surface area contributed by atoms with E-state index in [1.807, 2.05) is 9.80 Å². The minimum Gasteiger partial charge on any atom is -0.370 e. The first-order valence-electron chi connectivity index (χ1n) is 8.96. The Balaban J connectivity index is 0.00000243. The van der Waals surface area contributed by atoms with Crippen LogP contribution in [0.15, 0.2) is 29.3 Å². The number of nitrogens with zero attached hydrogens (tertiary/aromatic N) is 4. The van der Waals surface area contributed by atoms with E-state index in [1.54, 1.807) is 12.1 Å². The third-order valence-corrected chi connectivity index (χ3v) is 4.88. The zero-order valence-electron chi connectivity index (χ0n) is 14.9. The molecule has 2 saturated heterocycles. The molecule has 1 aromatic carbocycles. The maximum absolute atomic E-state index is 13.0. The predicted octanol–water partition coefficient (Wildman–Crippen LogP) is 1.89. The number of carbonyl (C=O) groups excluding carboxylic acids is 1. The van der Waals surface area contributed by atoms with Gasteiger partial charge in [-0.25, -0.2) is 9.38 Å². The van der Waals surface area contributed by atoms with Gasteiger partial charge in [-0.2, -0.15) is 0 Å². The number of piperazine rings is 1. The number of amides is 1. The Bertz CT molecular complexity index is 611. The number of anilines is 1. The van der Waals surface area contributed by atoms with Crippen LogP contribution in [0.2, 0.25) is 0 Å². The molecule has 2 heterocycles. The van der Waals surface area contributed by atoms with Gasteiger partial charge in [-0.05, 0) is 43.5 Å². The SMILES string of the molecule is I.NC(=NCC(=O)N1CCCCC1)N1CCN(c2ccc(F)cc2)CC1. The first-order chi connectivity index (χ1) is 12.1. The normalized spacial score (nSPS) is 18.5. The molecule has 0 radical (unpaired) electrons. The molecule has 8 heteroatoms. The van der Waals surface area contributed by atoms with Gasteiger partial charge in [-0.15, -0.1) is 24.0 Å². The second kappa shape index (κ2) is 9.94. The van der Waals surface area contributed by atoms with Gasteiger partial charge in [0, 0.05) is 45.0 Å². The minimum atomic E-state index is -0.225. The summed E-state index contributed by atoms with van der Waals surface area (Å²) in [6, 6.07) is 6.53. The van der Waals surface area contributed by atoms with Crippen LogP contribution >= 0.6 is 24.0 Å². The van der Waals surface area contributed by atoms with Gasteiger partial charge in [0.2, 0.25) is 5.91 Å². The Morgan fingerprint density at radius 2 is 1.58 bits per heavy atom. The van der Waals surface area contributed by atoms with Crippen LogP contribution < -0.4 is 10.6 Å². The molecule has 0 saturated carbocycles. The first kappa shape index (κ1) is 20.7. The molecule has 0 unspecified atom stereocenters. The van der Waals surface area contributed by atoms with E-state index >= 15 is 0 Å². The Kier molecular flexibility index (Phi) is 7.92. The highest BCUT2D eigenvalue weighted by Gasteiger charge is 2.20. The summed E-state index contributed by atoms with van der Waals surface area (Å²) in [4.78, 5) is 22.5. The Morgan fingerprint density at radius 1 is 0.962 bits per heavy atom. The first-order valence-corrected chi connectivity index (χ1v) is 8.96. The highest BCUT2D eigenvalue weighted by Crippen LogP contribution is 2.16. The van der Waals surface area contributed by atoms with Crippen LogP contribution in [0.5, 0.6) is 0 Å². The topological polar surface area (TPSA) is 65.2 Å². The largest absolute Gasteiger partial charge is 0.370 e. The molecule has 0 bridgehead atoms. The van der Waals surface area contributed by atoms with Gasteiger partial charge < -0.3 is 20.4 Å². The number of hydrogen-bond donors (Lipinski definition) is 1. The van der Waals surface area contributed by atoms with Crippen molar-refractivity contribution in [1.29, 1.82) is 0 Å². The molecule has 144 valence electrons. The van der Waals surface area contributed by atoms with E-state index in [2.05, 4.69) is 9.89 Å². The average molecular weight is 475 g/mol. The fourth-order valence-corrected chi connectivity index (χ4v) is 3.34. The fraction of sp³-hybridized carbons (Fsp3) is 0.556. The van der Waals surface area contributed by atoms with Crippen LogP contribution in [0.4, 0.5) is 10.1 Å². The van der Waals surface area contributed by atoms with E-state index in [-0.39, 0.29) is 42.2 Å². The van der Waals surface area contributed by atoms with Crippen molar-refractivity contribution in [3.63, 3.8) is 0 Å². The summed E-state index contributed by atoms with van der Waals surface area (Å²) in [6.45, 7) is 4.87. The predicted molar refractivity (Wildman–Crippen MR) is 113 cm³/mol. The molecule has 0 spiro atoms. The lowest BCUT2D eigenvalue weighted by atomic mass is 10.1. The number of carbonyl (C=O) groups is 1. The fourth-order valence-electron chi connectivity index (χ4n) is 3.34. The van der Waals surface area contributed by atoms with Crippen LogP contribution in [0.25, 0.3) is 0 Å². The Labute approximate surface area is 171 Å². The number of nitrogens with two attached hydrogens (primary N) is 1. The molecule has 2 aliphatic heterocycles. The van der Waals surface area contributed by atoms with Gasteiger partial charge in [0.1, 0.15) is 12.4 Å². The monoisotopic (exact) mass is 475 g/mol. The number of piperidine rings is 1. The van der Waals surface area contributed by atoms with E-state index in [0.29, 0.717) is 5.96 Å². The molecule has 1 aromatic rings. The van der Waals surface area contributed by atoms with Crippen LogP contribution in [0, 0.1) is 5.82 Å². The maximum Gasteiger partial charge on any atom is 0.244 e. The van der Waals surface area contributed by atoms with Gasteiger partial charge >= 0.3 is 0 Å². The van der Waals surface area contributed by atoms with Crippen molar-refractivity contribution < 1.29 is 9.18 Å². The number of rotatable bonds is 3. The summed E-state index contributed by atoms with van der Waals surface area (Å²) in [5, 5.41) is 0. The second-order valence-corrected chi connectivity index (χ2v) is 6.57. The van der Waals surface area contributed by atoms with E-state index in [0.717, 1.165) is 57.8 Å². The standard InChI is InChI=1S/C18H26FN5O.HI/c19-15-4-6-16(7-5-15)22-10-12-24(13-11-22)18(20)21-14-17(25)23-8-2-1-3-9-23;/h4-7H,1-3,8-14H2,(H2,20,21);1H. The van der Waals surface area contributed by atoms with Crippen molar-refractivity contribution in [2.24, 2.45) is 10.7 Å². The van der Waals surface area contributed by atoms with Crippen LogP contribution in [0.1, 0.15) is 19.3 Å². The molecule has 6 nitrogen and oxygen atoms in total. The summed E-state index contributed by atoms with van der Waals surface area (Å²) in [7, 11) is 0. The number of hydrogen-bond acceptors (Lipinski definition) is 3. The van der Waals surface area contributed by atoms with Crippen molar-refractivity contribution in [2.75, 3.05) is 50.7 Å². The molecule has 0 aromatic heterocycles. The van der Waals surface area contributed by atoms with Gasteiger partial charge in [-0.1, -0.05) is 0 Å². The third-order valence-electron chi connectivity index (χ3n) is 4.88. The summed E-state index contributed by atoms with van der Waals surface area (Å²) in [5.74, 6) is 0.272. The number of halogens is 2. The minimum absolute atomic E-state index is 0. The van der Waals surface area contributed by atoms with Gasteiger partial charge in [0.15, 0.2) is 5.96 Å². The molecule has 0 aliphatic carbocycles. The molecule has 2 N–H and O–H groups in total. The van der Waals surface area contributed by atoms with Crippen molar-refractivity contribution in [3.8, 4) is 0 Å². The van der Waals surface area contributed by atoms with Crippen molar-refractivity contribution in [2.45, 2.75) is 19.3 Å². The maximum atomic E-state index is 13.0. The van der Waals surface area contributed by atoms with Gasteiger partial charge in [0.25, 0.3) is 0 Å². The van der Waals surface area contributed by atoms with E-state index in [1.165, 1.54) is 18.6 Å². The van der Waals surface area contributed by atoms with Gasteiger partial charge in [0.05, 0.1) is 0 Å². The lowest BCUT2D eigenvalue weighted by Gasteiger charge is -2.36. The smallest absolute Gasteiger partial charge is 0.244 e. The molecule has 2 aliphatic rings. The van der Waals surface area contributed by atoms with Crippen molar-refractivity contribution in [3.05, 3.63) is 30.1 Å². The summed E-state index contributed by atoms with van der Waals surface area (Å²) in [5.41, 5.74) is 7.08. The summed E-state index contributed by atoms with van der Waals surface area (Å²) >= 11 is 0. The molecule has 26 heavy (non-hydrogen) atoms.